The second kappa shape index (κ2) is 10.3. The molecule has 2 saturated heterocycles. The largest absolute Gasteiger partial charge is 0.416 e. The van der Waals surface area contributed by atoms with Gasteiger partial charge in [-0.25, -0.2) is 9.18 Å². The third kappa shape index (κ3) is 5.34. The van der Waals surface area contributed by atoms with Crippen LogP contribution in [0.1, 0.15) is 54.5 Å². The van der Waals surface area contributed by atoms with E-state index < -0.39 is 11.7 Å². The van der Waals surface area contributed by atoms with Gasteiger partial charge in [-0.2, -0.15) is 13.2 Å². The lowest BCUT2D eigenvalue weighted by Gasteiger charge is -2.39. The van der Waals surface area contributed by atoms with Crippen molar-refractivity contribution in [2.24, 2.45) is 0 Å². The molecular formula is C28H34F4N4O. The summed E-state index contributed by atoms with van der Waals surface area (Å²) in [6, 6.07) is 10.6. The molecule has 0 N–H and O–H groups in total. The van der Waals surface area contributed by atoms with Crippen molar-refractivity contribution in [1.82, 2.24) is 19.6 Å². The first-order valence-corrected chi connectivity index (χ1v) is 13.1. The molecule has 2 aliphatic heterocycles. The molecule has 0 unspecified atom stereocenters. The zero-order chi connectivity index (χ0) is 26.3. The molecule has 2 aromatic carbocycles. The van der Waals surface area contributed by atoms with E-state index in [4.69, 9.17) is 0 Å². The molecule has 0 spiro atoms. The molecule has 2 aromatic rings. The molecule has 2 fully saturated rings. The minimum Gasteiger partial charge on any atom is -0.322 e. The molecule has 0 bridgehead atoms. The monoisotopic (exact) mass is 518 g/mol. The van der Waals surface area contributed by atoms with Crippen molar-refractivity contribution < 1.29 is 22.4 Å². The molecule has 5 rings (SSSR count). The fourth-order valence-electron chi connectivity index (χ4n) is 6.04. The van der Waals surface area contributed by atoms with Crippen LogP contribution in [0.4, 0.5) is 22.4 Å². The second-order valence-corrected chi connectivity index (χ2v) is 10.6. The maximum Gasteiger partial charge on any atom is 0.416 e. The molecule has 9 heteroatoms. The van der Waals surface area contributed by atoms with E-state index in [-0.39, 0.29) is 29.8 Å². The van der Waals surface area contributed by atoms with E-state index in [0.29, 0.717) is 18.5 Å². The van der Waals surface area contributed by atoms with Crippen molar-refractivity contribution in [2.75, 3.05) is 52.4 Å². The smallest absolute Gasteiger partial charge is 0.322 e. The fourth-order valence-corrected chi connectivity index (χ4v) is 6.04. The van der Waals surface area contributed by atoms with Crippen molar-refractivity contribution in [3.8, 4) is 0 Å². The maximum atomic E-state index is 13.5. The highest BCUT2D eigenvalue weighted by Gasteiger charge is 2.39. The van der Waals surface area contributed by atoms with Crippen molar-refractivity contribution in [2.45, 2.75) is 44.4 Å². The summed E-state index contributed by atoms with van der Waals surface area (Å²) in [4.78, 5) is 21.1. The van der Waals surface area contributed by atoms with Gasteiger partial charge < -0.3 is 9.80 Å². The highest BCUT2D eigenvalue weighted by atomic mass is 19.4. The summed E-state index contributed by atoms with van der Waals surface area (Å²) in [5.74, 6) is -0.558. The molecule has 200 valence electrons. The molecule has 2 heterocycles. The predicted molar refractivity (Wildman–Crippen MR) is 134 cm³/mol. The Bertz CT molecular complexity index is 1110. The van der Waals surface area contributed by atoms with E-state index in [1.165, 1.54) is 24.3 Å². The number of alkyl halides is 3. The molecule has 1 aliphatic carbocycles. The van der Waals surface area contributed by atoms with Crippen molar-refractivity contribution in [1.29, 1.82) is 0 Å². The van der Waals surface area contributed by atoms with Gasteiger partial charge >= 0.3 is 12.2 Å². The average molecular weight is 519 g/mol. The molecule has 5 nitrogen and oxygen atoms in total. The predicted octanol–water partition coefficient (Wildman–Crippen LogP) is 5.18. The number of hydrogen-bond acceptors (Lipinski definition) is 3. The number of hydrogen-bond donors (Lipinski definition) is 0. The van der Waals surface area contributed by atoms with Crippen LogP contribution >= 0.6 is 0 Å². The summed E-state index contributed by atoms with van der Waals surface area (Å²) >= 11 is 0. The summed E-state index contributed by atoms with van der Waals surface area (Å²) in [5, 5.41) is 0. The zero-order valence-corrected chi connectivity index (χ0v) is 21.3. The third-order valence-electron chi connectivity index (χ3n) is 8.16. The Morgan fingerprint density at radius 3 is 2.22 bits per heavy atom. The number of carbonyl (C=O) groups is 1. The van der Waals surface area contributed by atoms with Gasteiger partial charge in [0.25, 0.3) is 0 Å². The molecule has 3 aliphatic rings. The Morgan fingerprint density at radius 2 is 1.59 bits per heavy atom. The summed E-state index contributed by atoms with van der Waals surface area (Å²) in [6.45, 7) is 10.5. The van der Waals surface area contributed by atoms with Gasteiger partial charge in [-0.3, -0.25) is 9.80 Å². The molecular weight excluding hydrogens is 484 g/mol. The Morgan fingerprint density at radius 1 is 0.892 bits per heavy atom. The molecule has 2 atom stereocenters. The second-order valence-electron chi connectivity index (χ2n) is 10.6. The highest BCUT2D eigenvalue weighted by molar-refractivity contribution is 5.76. The number of fused-ring (bicyclic) bond motifs is 1. The fraction of sp³-hybridized carbons (Fsp3) is 0.536. The number of urea groups is 1. The van der Waals surface area contributed by atoms with Gasteiger partial charge in [-0.1, -0.05) is 18.2 Å². The lowest BCUT2D eigenvalue weighted by atomic mass is 9.92. The quantitative estimate of drug-likeness (QED) is 0.494. The van der Waals surface area contributed by atoms with Crippen LogP contribution in [0.25, 0.3) is 0 Å². The molecule has 37 heavy (non-hydrogen) atoms. The normalized spacial score (nSPS) is 23.4. The molecule has 2 amide bonds. The van der Waals surface area contributed by atoms with Crippen LogP contribution in [0, 0.1) is 5.82 Å². The van der Waals surface area contributed by atoms with E-state index in [0.717, 1.165) is 56.9 Å². The van der Waals surface area contributed by atoms with Crippen LogP contribution < -0.4 is 0 Å². The van der Waals surface area contributed by atoms with E-state index in [2.05, 4.69) is 9.80 Å². The van der Waals surface area contributed by atoms with Crippen molar-refractivity contribution in [3.63, 3.8) is 0 Å². The SMILES string of the molecule is CC(C)N1CCN(CCN2CCN([C@H]3C[C@H](c4ccc(F)cc4)c4cc(C(F)(F)F)ccc43)CC2)C1=O. The Labute approximate surface area is 215 Å². The molecule has 0 radical (unpaired) electrons. The Kier molecular flexibility index (Phi) is 7.20. The Hall–Kier alpha value is -2.65. The first kappa shape index (κ1) is 26.0. The van der Waals surface area contributed by atoms with Crippen LogP contribution in [0.15, 0.2) is 42.5 Å². The highest BCUT2D eigenvalue weighted by Crippen LogP contribution is 2.48. The van der Waals surface area contributed by atoms with Crippen LogP contribution in [-0.2, 0) is 6.18 Å². The van der Waals surface area contributed by atoms with Gasteiger partial charge in [0, 0.05) is 70.4 Å². The first-order chi connectivity index (χ1) is 17.6. The van der Waals surface area contributed by atoms with Gasteiger partial charge in [-0.05, 0) is 61.2 Å². The van der Waals surface area contributed by atoms with E-state index in [9.17, 15) is 22.4 Å². The lowest BCUT2D eigenvalue weighted by molar-refractivity contribution is -0.137. The molecule has 0 saturated carbocycles. The van der Waals surface area contributed by atoms with Crippen molar-refractivity contribution >= 4 is 6.03 Å². The van der Waals surface area contributed by atoms with Crippen LogP contribution in [0.2, 0.25) is 0 Å². The van der Waals surface area contributed by atoms with Crippen LogP contribution in [-0.4, -0.2) is 84.0 Å². The van der Waals surface area contributed by atoms with Gasteiger partial charge in [0.1, 0.15) is 5.82 Å². The Balaban J connectivity index is 1.25. The number of piperazine rings is 1. The van der Waals surface area contributed by atoms with Gasteiger partial charge in [-0.15, -0.1) is 0 Å². The van der Waals surface area contributed by atoms with Gasteiger partial charge in [0.2, 0.25) is 0 Å². The first-order valence-electron chi connectivity index (χ1n) is 13.1. The number of nitrogens with zero attached hydrogens (tertiary/aromatic N) is 4. The number of rotatable bonds is 6. The minimum absolute atomic E-state index is 0.0225. The van der Waals surface area contributed by atoms with E-state index in [1.54, 1.807) is 18.2 Å². The lowest BCUT2D eigenvalue weighted by Crippen LogP contribution is -2.49. The topological polar surface area (TPSA) is 30.0 Å². The zero-order valence-electron chi connectivity index (χ0n) is 21.3. The summed E-state index contributed by atoms with van der Waals surface area (Å²) < 4.78 is 54.1. The number of halogens is 4. The van der Waals surface area contributed by atoms with Crippen molar-refractivity contribution in [3.05, 3.63) is 70.5 Å². The maximum absolute atomic E-state index is 13.5. The third-order valence-corrected chi connectivity index (χ3v) is 8.16. The summed E-state index contributed by atoms with van der Waals surface area (Å²) in [6.07, 6.45) is -3.73. The number of amides is 2. The summed E-state index contributed by atoms with van der Waals surface area (Å²) in [5.41, 5.74) is 1.83. The standard InChI is InChI=1S/C28H34F4N4O/c1-19(2)36-16-15-35(27(36)37)14-11-33-9-12-34(13-10-33)26-18-24(20-3-6-22(29)7-4-20)25-17-21(28(30,31)32)5-8-23(25)26/h3-8,17,19,24,26H,9-16,18H2,1-2H3/t24-,26+/m1/s1. The van der Waals surface area contributed by atoms with E-state index >= 15 is 0 Å². The summed E-state index contributed by atoms with van der Waals surface area (Å²) in [7, 11) is 0. The van der Waals surface area contributed by atoms with E-state index in [1.807, 2.05) is 23.6 Å². The van der Waals surface area contributed by atoms with Gasteiger partial charge in [0.15, 0.2) is 0 Å². The average Bonchev–Trinajstić information content (AvgIpc) is 3.43. The minimum atomic E-state index is -4.41. The van der Waals surface area contributed by atoms with Crippen LogP contribution in [0.5, 0.6) is 0 Å². The van der Waals surface area contributed by atoms with Crippen LogP contribution in [0.3, 0.4) is 0 Å². The molecule has 0 aromatic heterocycles. The number of benzene rings is 2. The number of carbonyl (C=O) groups excluding carboxylic acids is 1. The van der Waals surface area contributed by atoms with Gasteiger partial charge in [0.05, 0.1) is 5.56 Å².